The van der Waals surface area contributed by atoms with Gasteiger partial charge < -0.3 is 10.6 Å². The van der Waals surface area contributed by atoms with E-state index >= 15 is 0 Å². The molecule has 19 heavy (non-hydrogen) atoms. The molecule has 1 fully saturated rings. The van der Waals surface area contributed by atoms with Crippen LogP contribution in [-0.2, 0) is 6.18 Å². The number of rotatable bonds is 1. The monoisotopic (exact) mass is 272 g/mol. The molecule has 1 aromatic rings. The van der Waals surface area contributed by atoms with Gasteiger partial charge >= 0.3 is 6.18 Å². The van der Waals surface area contributed by atoms with Crippen LogP contribution in [0.2, 0.25) is 0 Å². The van der Waals surface area contributed by atoms with E-state index in [4.69, 9.17) is 5.73 Å². The summed E-state index contributed by atoms with van der Waals surface area (Å²) in [5, 5.41) is 0. The highest BCUT2D eigenvalue weighted by molar-refractivity contribution is 5.60. The van der Waals surface area contributed by atoms with E-state index in [0.717, 1.165) is 32.2 Å². The molecule has 1 heterocycles. The molecule has 106 valence electrons. The zero-order valence-corrected chi connectivity index (χ0v) is 11.0. The van der Waals surface area contributed by atoms with Crippen LogP contribution >= 0.6 is 0 Å². The van der Waals surface area contributed by atoms with Gasteiger partial charge in [-0.25, -0.2) is 0 Å². The van der Waals surface area contributed by atoms with Crippen LogP contribution in [0.1, 0.15) is 38.2 Å². The molecule has 1 aliphatic heterocycles. The fourth-order valence-corrected chi connectivity index (χ4v) is 2.63. The highest BCUT2D eigenvalue weighted by atomic mass is 19.4. The number of hydrogen-bond acceptors (Lipinski definition) is 2. The fraction of sp³-hybridized carbons (Fsp3) is 0.571. The van der Waals surface area contributed by atoms with Crippen LogP contribution in [0.3, 0.4) is 0 Å². The van der Waals surface area contributed by atoms with Gasteiger partial charge in [0.05, 0.1) is 5.56 Å². The maximum Gasteiger partial charge on any atom is 0.418 e. The largest absolute Gasteiger partial charge is 0.418 e. The molecule has 2 rings (SSSR count). The van der Waals surface area contributed by atoms with Gasteiger partial charge in [0.1, 0.15) is 0 Å². The average Bonchev–Trinajstić information content (AvgIpc) is 2.53. The quantitative estimate of drug-likeness (QED) is 0.781. The van der Waals surface area contributed by atoms with E-state index in [-0.39, 0.29) is 11.7 Å². The van der Waals surface area contributed by atoms with Crippen molar-refractivity contribution in [2.24, 2.45) is 0 Å². The predicted molar refractivity (Wildman–Crippen MR) is 71.1 cm³/mol. The molecule has 0 spiro atoms. The van der Waals surface area contributed by atoms with Crippen molar-refractivity contribution < 1.29 is 13.2 Å². The van der Waals surface area contributed by atoms with E-state index in [9.17, 15) is 13.2 Å². The number of benzene rings is 1. The van der Waals surface area contributed by atoms with E-state index in [1.807, 2.05) is 0 Å². The summed E-state index contributed by atoms with van der Waals surface area (Å²) in [5.74, 6) is 0. The molecule has 0 aliphatic carbocycles. The van der Waals surface area contributed by atoms with Crippen LogP contribution in [0, 0.1) is 0 Å². The summed E-state index contributed by atoms with van der Waals surface area (Å²) in [5.41, 5.74) is 5.11. The molecule has 1 atom stereocenters. The summed E-state index contributed by atoms with van der Waals surface area (Å²) >= 11 is 0. The molecule has 5 heteroatoms. The topological polar surface area (TPSA) is 29.3 Å². The van der Waals surface area contributed by atoms with Crippen molar-refractivity contribution in [1.82, 2.24) is 0 Å². The third-order valence-electron chi connectivity index (χ3n) is 3.73. The second kappa shape index (κ2) is 5.31. The Hall–Kier alpha value is -1.39. The van der Waals surface area contributed by atoms with Crippen molar-refractivity contribution in [2.75, 3.05) is 17.2 Å². The lowest BCUT2D eigenvalue weighted by Gasteiger charge is -2.30. The van der Waals surface area contributed by atoms with Crippen LogP contribution in [0.25, 0.3) is 0 Å². The lowest BCUT2D eigenvalue weighted by Crippen LogP contribution is -2.32. The number of alkyl halides is 3. The molecule has 0 amide bonds. The van der Waals surface area contributed by atoms with Gasteiger partial charge in [0.15, 0.2) is 0 Å². The highest BCUT2D eigenvalue weighted by Crippen LogP contribution is 2.36. The lowest BCUT2D eigenvalue weighted by molar-refractivity contribution is -0.136. The first-order valence-electron chi connectivity index (χ1n) is 6.63. The smallest absolute Gasteiger partial charge is 0.398 e. The Morgan fingerprint density at radius 3 is 2.63 bits per heavy atom. The highest BCUT2D eigenvalue weighted by Gasteiger charge is 2.33. The van der Waals surface area contributed by atoms with E-state index < -0.39 is 11.7 Å². The van der Waals surface area contributed by atoms with Crippen LogP contribution in [0.4, 0.5) is 24.5 Å². The van der Waals surface area contributed by atoms with Gasteiger partial charge in [-0.3, -0.25) is 0 Å². The van der Waals surface area contributed by atoms with Gasteiger partial charge in [-0.05, 0) is 38.0 Å². The summed E-state index contributed by atoms with van der Waals surface area (Å²) in [6.07, 6.45) is -0.0717. The minimum Gasteiger partial charge on any atom is -0.398 e. The Morgan fingerprint density at radius 2 is 1.95 bits per heavy atom. The van der Waals surface area contributed by atoms with Gasteiger partial charge in [0, 0.05) is 24.0 Å². The van der Waals surface area contributed by atoms with Gasteiger partial charge in [-0.1, -0.05) is 12.8 Å². The first kappa shape index (κ1) is 14.0. The Morgan fingerprint density at radius 1 is 1.21 bits per heavy atom. The maximum atomic E-state index is 12.9. The van der Waals surface area contributed by atoms with E-state index in [1.54, 1.807) is 6.07 Å². The second-order valence-corrected chi connectivity index (χ2v) is 5.16. The standard InChI is InChI=1S/C14H19F3N2/c1-10-5-3-2-4-8-19(10)11-6-7-13(18)12(9-11)14(15,16)17/h6-7,9-10H,2-5,8,18H2,1H3. The van der Waals surface area contributed by atoms with Crippen LogP contribution in [-0.4, -0.2) is 12.6 Å². The number of hydrogen-bond donors (Lipinski definition) is 1. The summed E-state index contributed by atoms with van der Waals surface area (Å²) in [6, 6.07) is 4.49. The van der Waals surface area contributed by atoms with E-state index in [0.29, 0.717) is 5.69 Å². The van der Waals surface area contributed by atoms with Crippen LogP contribution in [0.15, 0.2) is 18.2 Å². The van der Waals surface area contributed by atoms with Crippen molar-refractivity contribution in [3.05, 3.63) is 23.8 Å². The maximum absolute atomic E-state index is 12.9. The fourth-order valence-electron chi connectivity index (χ4n) is 2.63. The summed E-state index contributed by atoms with van der Waals surface area (Å²) in [6.45, 7) is 2.87. The minimum absolute atomic E-state index is 0.210. The van der Waals surface area contributed by atoms with Crippen LogP contribution in [0.5, 0.6) is 0 Å². The number of halogens is 3. The molecule has 2 N–H and O–H groups in total. The zero-order valence-electron chi connectivity index (χ0n) is 11.0. The van der Waals surface area contributed by atoms with Gasteiger partial charge in [-0.15, -0.1) is 0 Å². The molecule has 0 radical (unpaired) electrons. The van der Waals surface area contributed by atoms with E-state index in [1.165, 1.54) is 12.1 Å². The zero-order chi connectivity index (χ0) is 14.0. The number of anilines is 2. The molecule has 2 nitrogen and oxygen atoms in total. The number of nitrogens with zero attached hydrogens (tertiary/aromatic N) is 1. The molecule has 1 aliphatic rings. The minimum atomic E-state index is -4.39. The lowest BCUT2D eigenvalue weighted by atomic mass is 10.1. The molecule has 1 unspecified atom stereocenters. The Balaban J connectivity index is 2.34. The second-order valence-electron chi connectivity index (χ2n) is 5.16. The van der Waals surface area contributed by atoms with Gasteiger partial charge in [0.2, 0.25) is 0 Å². The van der Waals surface area contributed by atoms with Gasteiger partial charge in [0.25, 0.3) is 0 Å². The first-order valence-corrected chi connectivity index (χ1v) is 6.63. The molecule has 0 saturated carbocycles. The van der Waals surface area contributed by atoms with Crippen molar-refractivity contribution in [2.45, 2.75) is 44.8 Å². The SMILES string of the molecule is CC1CCCCCN1c1ccc(N)c(C(F)(F)F)c1. The number of nitrogen functional groups attached to an aromatic ring is 1. The molecular formula is C14H19F3N2. The van der Waals surface area contributed by atoms with Crippen molar-refractivity contribution >= 4 is 11.4 Å². The predicted octanol–water partition coefficient (Wildman–Crippen LogP) is 4.06. The average molecular weight is 272 g/mol. The van der Waals surface area contributed by atoms with Gasteiger partial charge in [-0.2, -0.15) is 13.2 Å². The Kier molecular flexibility index (Phi) is 3.92. The van der Waals surface area contributed by atoms with Crippen molar-refractivity contribution in [3.63, 3.8) is 0 Å². The molecule has 1 saturated heterocycles. The summed E-state index contributed by atoms with van der Waals surface area (Å²) in [4.78, 5) is 2.06. The molecule has 1 aromatic carbocycles. The molecule has 0 aromatic heterocycles. The third-order valence-corrected chi connectivity index (χ3v) is 3.73. The summed E-state index contributed by atoms with van der Waals surface area (Å²) < 4.78 is 38.6. The Bertz CT molecular complexity index is 443. The third kappa shape index (κ3) is 3.14. The number of nitrogens with two attached hydrogens (primary N) is 1. The Labute approximate surface area is 111 Å². The van der Waals surface area contributed by atoms with Crippen molar-refractivity contribution in [1.29, 1.82) is 0 Å². The molecular weight excluding hydrogens is 253 g/mol. The first-order chi connectivity index (χ1) is 8.89. The summed E-state index contributed by atoms with van der Waals surface area (Å²) in [7, 11) is 0. The van der Waals surface area contributed by atoms with E-state index in [2.05, 4.69) is 11.8 Å². The van der Waals surface area contributed by atoms with Crippen LogP contribution < -0.4 is 10.6 Å². The molecule has 0 bridgehead atoms. The normalized spacial score (nSPS) is 21.3. The van der Waals surface area contributed by atoms with Crippen molar-refractivity contribution in [3.8, 4) is 0 Å².